The van der Waals surface area contributed by atoms with Crippen LogP contribution in [0.3, 0.4) is 0 Å². The summed E-state index contributed by atoms with van der Waals surface area (Å²) < 4.78 is 22.8. The number of hydrogen-bond donors (Lipinski definition) is 2. The van der Waals surface area contributed by atoms with Crippen LogP contribution in [0, 0.1) is 0 Å². The molecule has 1 aromatic rings. The van der Waals surface area contributed by atoms with Crippen LogP contribution in [-0.4, -0.2) is 42.1 Å². The number of aromatic amines is 1. The smallest absolute Gasteiger partial charge is 0.272 e. The molecule has 2 N–H and O–H groups in total. The average Bonchev–Trinajstić information content (AvgIpc) is 2.85. The number of hydrogen-bond acceptors (Lipinski definition) is 4. The van der Waals surface area contributed by atoms with E-state index in [1.807, 2.05) is 0 Å². The number of fused-ring (bicyclic) bond motifs is 1. The van der Waals surface area contributed by atoms with Gasteiger partial charge in [-0.2, -0.15) is 5.10 Å². The van der Waals surface area contributed by atoms with E-state index in [1.54, 1.807) is 0 Å². The predicted molar refractivity (Wildman–Crippen MR) is 74.4 cm³/mol. The Bertz CT molecular complexity index is 621. The number of aryl methyl sites for hydroxylation is 1. The Morgan fingerprint density at radius 2 is 2.05 bits per heavy atom. The van der Waals surface area contributed by atoms with Gasteiger partial charge in [0.05, 0.1) is 11.5 Å². The third-order valence-corrected chi connectivity index (χ3v) is 5.86. The lowest BCUT2D eigenvalue weighted by Crippen LogP contribution is -2.36. The minimum absolute atomic E-state index is 0.0470. The van der Waals surface area contributed by atoms with Gasteiger partial charge >= 0.3 is 0 Å². The van der Waals surface area contributed by atoms with Gasteiger partial charge in [0, 0.05) is 17.3 Å². The van der Waals surface area contributed by atoms with Crippen LogP contribution in [0.25, 0.3) is 0 Å². The Morgan fingerprint density at radius 1 is 1.25 bits per heavy atom. The van der Waals surface area contributed by atoms with Crippen LogP contribution in [0.1, 0.15) is 47.4 Å². The van der Waals surface area contributed by atoms with Crippen LogP contribution in [0.15, 0.2) is 0 Å². The number of H-pyrrole nitrogens is 1. The van der Waals surface area contributed by atoms with E-state index < -0.39 is 9.84 Å². The lowest BCUT2D eigenvalue weighted by Gasteiger charge is -2.10. The van der Waals surface area contributed by atoms with Crippen molar-refractivity contribution in [3.8, 4) is 0 Å². The fourth-order valence-electron chi connectivity index (χ4n) is 3.01. The van der Waals surface area contributed by atoms with E-state index in [4.69, 9.17) is 0 Å². The molecule has 1 amide bonds. The molecule has 20 heavy (non-hydrogen) atoms. The number of rotatable bonds is 2. The van der Waals surface area contributed by atoms with Gasteiger partial charge in [0.25, 0.3) is 5.91 Å². The average molecular weight is 297 g/mol. The SMILES string of the molecule is O=C(N[C@@H]1CCS(=O)(=O)C1)c1n[nH]c2c1CCCCC2. The second kappa shape index (κ2) is 5.20. The second-order valence-corrected chi connectivity index (χ2v) is 7.89. The number of nitrogens with zero attached hydrogens (tertiary/aromatic N) is 1. The van der Waals surface area contributed by atoms with E-state index in [0.29, 0.717) is 12.1 Å². The van der Waals surface area contributed by atoms with E-state index in [0.717, 1.165) is 36.9 Å². The summed E-state index contributed by atoms with van der Waals surface area (Å²) in [6, 6.07) is -0.273. The van der Waals surface area contributed by atoms with Gasteiger partial charge in [-0.25, -0.2) is 8.42 Å². The third kappa shape index (κ3) is 2.72. The van der Waals surface area contributed by atoms with E-state index in [2.05, 4.69) is 15.5 Å². The molecule has 2 heterocycles. The van der Waals surface area contributed by atoms with Crippen molar-refractivity contribution in [3.63, 3.8) is 0 Å². The molecular weight excluding hydrogens is 278 g/mol. The Balaban J connectivity index is 1.73. The van der Waals surface area contributed by atoms with E-state index >= 15 is 0 Å². The monoisotopic (exact) mass is 297 g/mol. The summed E-state index contributed by atoms with van der Waals surface area (Å²) in [5, 5.41) is 9.90. The first-order valence-corrected chi connectivity index (χ1v) is 8.95. The summed E-state index contributed by atoms with van der Waals surface area (Å²) in [4.78, 5) is 12.3. The van der Waals surface area contributed by atoms with Crippen molar-refractivity contribution >= 4 is 15.7 Å². The molecule has 110 valence electrons. The summed E-state index contributed by atoms with van der Waals surface area (Å²) in [5.74, 6) is -0.0337. The fraction of sp³-hybridized carbons (Fsp3) is 0.692. The molecule has 1 aromatic heterocycles. The van der Waals surface area contributed by atoms with Crippen LogP contribution in [0.4, 0.5) is 0 Å². The fourth-order valence-corrected chi connectivity index (χ4v) is 4.68. The molecule has 1 atom stereocenters. The van der Waals surface area contributed by atoms with Crippen LogP contribution in [-0.2, 0) is 22.7 Å². The summed E-state index contributed by atoms with van der Waals surface area (Å²) >= 11 is 0. The number of carbonyl (C=O) groups is 1. The van der Waals surface area contributed by atoms with Gasteiger partial charge in [-0.3, -0.25) is 9.89 Å². The molecule has 1 aliphatic carbocycles. The second-order valence-electron chi connectivity index (χ2n) is 5.66. The van der Waals surface area contributed by atoms with Gasteiger partial charge in [0.1, 0.15) is 0 Å². The summed E-state index contributed by atoms with van der Waals surface area (Å²) in [6.07, 6.45) is 5.68. The molecular formula is C13H19N3O3S. The molecule has 1 saturated heterocycles. The molecule has 1 fully saturated rings. The van der Waals surface area contributed by atoms with Crippen molar-refractivity contribution < 1.29 is 13.2 Å². The van der Waals surface area contributed by atoms with Gasteiger partial charge in [-0.15, -0.1) is 0 Å². The van der Waals surface area contributed by atoms with Gasteiger partial charge in [0.2, 0.25) is 0 Å². The molecule has 3 rings (SSSR count). The van der Waals surface area contributed by atoms with Gasteiger partial charge in [0.15, 0.2) is 15.5 Å². The zero-order valence-electron chi connectivity index (χ0n) is 11.3. The first kappa shape index (κ1) is 13.6. The highest BCUT2D eigenvalue weighted by atomic mass is 32.2. The van der Waals surface area contributed by atoms with Crippen molar-refractivity contribution in [2.45, 2.75) is 44.6 Å². The van der Waals surface area contributed by atoms with Crippen LogP contribution >= 0.6 is 0 Å². The zero-order valence-corrected chi connectivity index (χ0v) is 12.1. The number of aromatic nitrogens is 2. The Labute approximate surface area is 118 Å². The number of amides is 1. The largest absolute Gasteiger partial charge is 0.347 e. The van der Waals surface area contributed by atoms with Crippen molar-refractivity contribution in [1.29, 1.82) is 0 Å². The highest BCUT2D eigenvalue weighted by Crippen LogP contribution is 2.22. The number of sulfone groups is 1. The van der Waals surface area contributed by atoms with Crippen molar-refractivity contribution in [1.82, 2.24) is 15.5 Å². The molecule has 7 heteroatoms. The Hall–Kier alpha value is -1.37. The Kier molecular flexibility index (Phi) is 3.54. The minimum atomic E-state index is -2.98. The third-order valence-electron chi connectivity index (χ3n) is 4.09. The molecule has 0 unspecified atom stereocenters. The van der Waals surface area contributed by atoms with Crippen LogP contribution in [0.5, 0.6) is 0 Å². The highest BCUT2D eigenvalue weighted by Gasteiger charge is 2.30. The molecule has 0 spiro atoms. The number of carbonyl (C=O) groups excluding carboxylic acids is 1. The van der Waals surface area contributed by atoms with Gasteiger partial charge in [-0.05, 0) is 32.1 Å². The van der Waals surface area contributed by atoms with E-state index in [-0.39, 0.29) is 23.5 Å². The minimum Gasteiger partial charge on any atom is -0.347 e. The summed E-state index contributed by atoms with van der Waals surface area (Å²) in [5.41, 5.74) is 2.53. The number of nitrogens with one attached hydrogen (secondary N) is 2. The van der Waals surface area contributed by atoms with Gasteiger partial charge in [-0.1, -0.05) is 6.42 Å². The molecule has 1 aliphatic heterocycles. The maximum Gasteiger partial charge on any atom is 0.272 e. The normalized spacial score (nSPS) is 24.9. The maximum absolute atomic E-state index is 12.3. The molecule has 0 bridgehead atoms. The molecule has 2 aliphatic rings. The molecule has 0 radical (unpaired) electrons. The van der Waals surface area contributed by atoms with Crippen LogP contribution in [0.2, 0.25) is 0 Å². The molecule has 0 saturated carbocycles. The lowest BCUT2D eigenvalue weighted by atomic mass is 10.1. The van der Waals surface area contributed by atoms with Crippen molar-refractivity contribution in [3.05, 3.63) is 17.0 Å². The summed E-state index contributed by atoms with van der Waals surface area (Å²) in [6.45, 7) is 0. The van der Waals surface area contributed by atoms with Crippen molar-refractivity contribution in [2.24, 2.45) is 0 Å². The van der Waals surface area contributed by atoms with E-state index in [9.17, 15) is 13.2 Å². The zero-order chi connectivity index (χ0) is 14.2. The Morgan fingerprint density at radius 3 is 2.80 bits per heavy atom. The summed E-state index contributed by atoms with van der Waals surface area (Å²) in [7, 11) is -2.98. The van der Waals surface area contributed by atoms with Crippen LogP contribution < -0.4 is 5.32 Å². The van der Waals surface area contributed by atoms with E-state index in [1.165, 1.54) is 6.42 Å². The maximum atomic E-state index is 12.3. The lowest BCUT2D eigenvalue weighted by molar-refractivity contribution is 0.0935. The quantitative estimate of drug-likeness (QED) is 0.782. The van der Waals surface area contributed by atoms with Gasteiger partial charge < -0.3 is 5.32 Å². The predicted octanol–water partition coefficient (Wildman–Crippen LogP) is 0.595. The van der Waals surface area contributed by atoms with Crippen molar-refractivity contribution in [2.75, 3.05) is 11.5 Å². The molecule has 6 nitrogen and oxygen atoms in total. The standard InChI is InChI=1S/C13H19N3O3S/c17-13(14-9-6-7-20(18,19)8-9)12-10-4-2-1-3-5-11(10)15-16-12/h9H,1-8H2,(H,14,17)(H,15,16)/t9-/m1/s1. The first-order valence-electron chi connectivity index (χ1n) is 7.12. The topological polar surface area (TPSA) is 91.9 Å². The first-order chi connectivity index (χ1) is 9.55. The molecule has 0 aromatic carbocycles. The highest BCUT2D eigenvalue weighted by molar-refractivity contribution is 7.91.